The van der Waals surface area contributed by atoms with Crippen molar-refractivity contribution in [1.29, 1.82) is 0 Å². The summed E-state index contributed by atoms with van der Waals surface area (Å²) in [5.41, 5.74) is 3.35. The molecule has 0 N–H and O–H groups in total. The van der Waals surface area contributed by atoms with Crippen molar-refractivity contribution in [2.75, 3.05) is 20.2 Å². The first-order valence-corrected chi connectivity index (χ1v) is 7.10. The van der Waals surface area contributed by atoms with E-state index in [9.17, 15) is 9.59 Å². The Morgan fingerprint density at radius 1 is 1.29 bits per heavy atom. The Hall–Kier alpha value is -2.10. The molecule has 0 radical (unpaired) electrons. The van der Waals surface area contributed by atoms with E-state index in [-0.39, 0.29) is 18.3 Å². The van der Waals surface area contributed by atoms with Gasteiger partial charge in [-0.25, -0.2) is 0 Å². The molecule has 0 saturated heterocycles. The van der Waals surface area contributed by atoms with Crippen LogP contribution in [0.4, 0.5) is 0 Å². The zero-order valence-electron chi connectivity index (χ0n) is 13.2. The summed E-state index contributed by atoms with van der Waals surface area (Å²) in [6.45, 7) is 6.54. The molecule has 1 aromatic rings. The number of esters is 1. The maximum Gasteiger partial charge on any atom is 0.307 e. The third-order valence-corrected chi connectivity index (χ3v) is 3.16. The summed E-state index contributed by atoms with van der Waals surface area (Å²) in [7, 11) is 1.67. The Kier molecular flexibility index (Phi) is 6.66. The van der Waals surface area contributed by atoms with E-state index in [4.69, 9.17) is 4.74 Å². The second kappa shape index (κ2) is 8.25. The molecule has 0 heterocycles. The van der Waals surface area contributed by atoms with Crippen LogP contribution in [0.1, 0.15) is 30.0 Å². The Bertz CT molecular complexity index is 535. The Morgan fingerprint density at radius 3 is 2.62 bits per heavy atom. The first-order valence-electron chi connectivity index (χ1n) is 7.10. The zero-order chi connectivity index (χ0) is 15.8. The van der Waals surface area contributed by atoms with Gasteiger partial charge in [-0.15, -0.1) is 0 Å². The van der Waals surface area contributed by atoms with Crippen LogP contribution in [0, 0.1) is 13.8 Å². The number of carbonyl (C=O) groups is 2. The van der Waals surface area contributed by atoms with Gasteiger partial charge in [0.25, 0.3) is 0 Å². The molecule has 0 unspecified atom stereocenters. The van der Waals surface area contributed by atoms with E-state index in [0.717, 1.165) is 11.1 Å². The second-order valence-electron chi connectivity index (χ2n) is 5.01. The molecule has 1 aromatic carbocycles. The molecule has 0 aromatic heterocycles. The molecule has 0 bridgehead atoms. The molecule has 4 nitrogen and oxygen atoms in total. The smallest absolute Gasteiger partial charge is 0.307 e. The van der Waals surface area contributed by atoms with E-state index in [0.29, 0.717) is 13.2 Å². The third-order valence-electron chi connectivity index (χ3n) is 3.16. The van der Waals surface area contributed by atoms with Gasteiger partial charge in [-0.3, -0.25) is 9.59 Å². The molecule has 1 amide bonds. The molecule has 0 saturated carbocycles. The highest BCUT2D eigenvalue weighted by Crippen LogP contribution is 2.12. The molecule has 0 aliphatic rings. The van der Waals surface area contributed by atoms with Crippen LogP contribution in [0.25, 0.3) is 6.08 Å². The fraction of sp³-hybridized carbons (Fsp3) is 0.412. The quantitative estimate of drug-likeness (QED) is 0.597. The lowest BCUT2D eigenvalue weighted by Gasteiger charge is -2.14. The Morgan fingerprint density at radius 2 is 2.00 bits per heavy atom. The van der Waals surface area contributed by atoms with Crippen LogP contribution in [0.15, 0.2) is 24.3 Å². The van der Waals surface area contributed by atoms with Crippen molar-refractivity contribution < 1.29 is 14.3 Å². The summed E-state index contributed by atoms with van der Waals surface area (Å²) >= 11 is 0. The molecule has 0 atom stereocenters. The van der Waals surface area contributed by atoms with Crippen molar-refractivity contribution in [2.24, 2.45) is 0 Å². The normalized spacial score (nSPS) is 10.7. The molecular formula is C17H23NO3. The molecule has 4 heteroatoms. The maximum atomic E-state index is 12.0. The standard InChI is InChI=1S/C17H23NO3/c1-5-21-17(20)10-11-18(4)16(19)9-8-15-7-6-13(2)12-14(15)3/h6-9,12H,5,10-11H2,1-4H3. The molecule has 21 heavy (non-hydrogen) atoms. The van der Waals surface area contributed by atoms with Gasteiger partial charge in [-0.1, -0.05) is 23.8 Å². The highest BCUT2D eigenvalue weighted by Gasteiger charge is 2.08. The molecule has 0 aliphatic heterocycles. The summed E-state index contributed by atoms with van der Waals surface area (Å²) in [5.74, 6) is -0.408. The van der Waals surface area contributed by atoms with E-state index in [2.05, 4.69) is 6.07 Å². The van der Waals surface area contributed by atoms with E-state index in [1.165, 1.54) is 16.5 Å². The van der Waals surface area contributed by atoms with Gasteiger partial charge in [0.05, 0.1) is 13.0 Å². The van der Waals surface area contributed by atoms with Crippen molar-refractivity contribution in [3.05, 3.63) is 41.0 Å². The van der Waals surface area contributed by atoms with Crippen LogP contribution in [0.3, 0.4) is 0 Å². The van der Waals surface area contributed by atoms with Crippen molar-refractivity contribution in [2.45, 2.75) is 27.2 Å². The molecule has 114 valence electrons. The largest absolute Gasteiger partial charge is 0.466 e. The van der Waals surface area contributed by atoms with E-state index in [1.54, 1.807) is 20.0 Å². The van der Waals surface area contributed by atoms with Crippen LogP contribution in [-0.2, 0) is 14.3 Å². The molecule has 0 fully saturated rings. The van der Waals surface area contributed by atoms with Gasteiger partial charge in [0.1, 0.15) is 0 Å². The van der Waals surface area contributed by atoms with Crippen LogP contribution >= 0.6 is 0 Å². The number of amides is 1. The molecular weight excluding hydrogens is 266 g/mol. The van der Waals surface area contributed by atoms with E-state index < -0.39 is 0 Å². The van der Waals surface area contributed by atoms with Crippen molar-refractivity contribution >= 4 is 18.0 Å². The van der Waals surface area contributed by atoms with Gasteiger partial charge in [0.15, 0.2) is 0 Å². The summed E-state index contributed by atoms with van der Waals surface area (Å²) in [4.78, 5) is 24.7. The number of aryl methyl sites for hydroxylation is 2. The average Bonchev–Trinajstić information content (AvgIpc) is 2.43. The fourth-order valence-electron chi connectivity index (χ4n) is 1.90. The van der Waals surface area contributed by atoms with Gasteiger partial charge in [-0.05, 0) is 38.0 Å². The molecule has 1 rings (SSSR count). The number of rotatable bonds is 6. The van der Waals surface area contributed by atoms with E-state index >= 15 is 0 Å². The molecule has 0 spiro atoms. The average molecular weight is 289 g/mol. The van der Waals surface area contributed by atoms with Crippen LogP contribution in [0.5, 0.6) is 0 Å². The zero-order valence-corrected chi connectivity index (χ0v) is 13.2. The van der Waals surface area contributed by atoms with Crippen molar-refractivity contribution in [3.8, 4) is 0 Å². The number of benzene rings is 1. The number of hydrogen-bond acceptors (Lipinski definition) is 3. The minimum atomic E-state index is -0.282. The van der Waals surface area contributed by atoms with E-state index in [1.807, 2.05) is 26.0 Å². The van der Waals surface area contributed by atoms with Crippen LogP contribution in [0.2, 0.25) is 0 Å². The summed E-state index contributed by atoms with van der Waals surface area (Å²) in [6, 6.07) is 6.09. The van der Waals surface area contributed by atoms with Crippen LogP contribution < -0.4 is 0 Å². The van der Waals surface area contributed by atoms with Gasteiger partial charge < -0.3 is 9.64 Å². The number of likely N-dealkylation sites (N-methyl/N-ethyl adjacent to an activating group) is 1. The summed E-state index contributed by atoms with van der Waals surface area (Å²) < 4.78 is 4.83. The minimum Gasteiger partial charge on any atom is -0.466 e. The van der Waals surface area contributed by atoms with Crippen molar-refractivity contribution in [1.82, 2.24) is 4.90 Å². The second-order valence-corrected chi connectivity index (χ2v) is 5.01. The number of carbonyl (C=O) groups excluding carboxylic acids is 2. The van der Waals surface area contributed by atoms with Gasteiger partial charge in [-0.2, -0.15) is 0 Å². The highest BCUT2D eigenvalue weighted by molar-refractivity contribution is 5.92. The predicted octanol–water partition coefficient (Wildman–Crippen LogP) is 2.73. The SMILES string of the molecule is CCOC(=O)CCN(C)C(=O)C=Cc1ccc(C)cc1C. The lowest BCUT2D eigenvalue weighted by Crippen LogP contribution is -2.27. The Balaban J connectivity index is 2.55. The van der Waals surface area contributed by atoms with Gasteiger partial charge in [0.2, 0.25) is 5.91 Å². The summed E-state index contributed by atoms with van der Waals surface area (Å²) in [5, 5.41) is 0. The van der Waals surface area contributed by atoms with Crippen LogP contribution in [-0.4, -0.2) is 37.0 Å². The molecule has 0 aliphatic carbocycles. The lowest BCUT2D eigenvalue weighted by molar-refractivity contribution is -0.143. The lowest BCUT2D eigenvalue weighted by atomic mass is 10.1. The van der Waals surface area contributed by atoms with Gasteiger partial charge >= 0.3 is 5.97 Å². The highest BCUT2D eigenvalue weighted by atomic mass is 16.5. The first kappa shape index (κ1) is 17.0. The first-order chi connectivity index (χ1) is 9.93. The monoisotopic (exact) mass is 289 g/mol. The topological polar surface area (TPSA) is 46.6 Å². The summed E-state index contributed by atoms with van der Waals surface area (Å²) in [6.07, 6.45) is 3.55. The number of hydrogen-bond donors (Lipinski definition) is 0. The van der Waals surface area contributed by atoms with Gasteiger partial charge in [0, 0.05) is 19.7 Å². The van der Waals surface area contributed by atoms with Crippen molar-refractivity contribution in [3.63, 3.8) is 0 Å². The minimum absolute atomic E-state index is 0.126. The Labute approximate surface area is 126 Å². The number of nitrogens with zero attached hydrogens (tertiary/aromatic N) is 1. The fourth-order valence-corrected chi connectivity index (χ4v) is 1.90. The maximum absolute atomic E-state index is 12.0. The predicted molar refractivity (Wildman–Crippen MR) is 83.8 cm³/mol. The number of ether oxygens (including phenoxy) is 1. The third kappa shape index (κ3) is 5.81.